The minimum Gasteiger partial charge on any atom is -0.235 e. The van der Waals surface area contributed by atoms with E-state index in [2.05, 4.69) is 5.10 Å². The third-order valence-corrected chi connectivity index (χ3v) is 2.38. The Morgan fingerprint density at radius 2 is 2.36 bits per heavy atom. The third-order valence-electron chi connectivity index (χ3n) is 2.09. The number of hydrogen-bond acceptors (Lipinski definition) is 1. The maximum Gasteiger partial charge on any atom is 0.311 e. The van der Waals surface area contributed by atoms with Gasteiger partial charge in [0.25, 0.3) is 0 Å². The van der Waals surface area contributed by atoms with Crippen molar-refractivity contribution in [1.29, 1.82) is 0 Å². The Kier molecular flexibility index (Phi) is 2.50. The Labute approximate surface area is 87.6 Å². The lowest BCUT2D eigenvalue weighted by atomic mass is 10.3. The molecule has 0 saturated carbocycles. The van der Waals surface area contributed by atoms with Gasteiger partial charge >= 0.3 is 5.82 Å². The lowest BCUT2D eigenvalue weighted by Crippen LogP contribution is -2.34. The van der Waals surface area contributed by atoms with E-state index >= 15 is 0 Å². The zero-order valence-electron chi connectivity index (χ0n) is 7.89. The fourth-order valence-corrected chi connectivity index (χ4v) is 1.68. The fraction of sp³-hybridized carbons (Fsp3) is 0.200. The molecular formula is C10H11ClN3+. The Balaban J connectivity index is 2.61. The van der Waals surface area contributed by atoms with Crippen molar-refractivity contribution >= 4 is 11.6 Å². The molecule has 0 radical (unpaired) electrons. The minimum absolute atomic E-state index is 0.490. The molecule has 72 valence electrons. The molecule has 2 aromatic rings. The predicted molar refractivity (Wildman–Crippen MR) is 54.3 cm³/mol. The highest BCUT2D eigenvalue weighted by Gasteiger charge is 2.14. The molecular weight excluding hydrogens is 198 g/mol. The molecule has 0 amide bonds. The van der Waals surface area contributed by atoms with Crippen LogP contribution in [0.4, 0.5) is 0 Å². The summed E-state index contributed by atoms with van der Waals surface area (Å²) in [4.78, 5) is 0. The van der Waals surface area contributed by atoms with E-state index in [0.29, 0.717) is 5.88 Å². The van der Waals surface area contributed by atoms with Crippen LogP contribution in [-0.2, 0) is 12.9 Å². The SMILES string of the molecule is C[n+]1cccc(CCl)c1-n1cccn1. The van der Waals surface area contributed by atoms with E-state index in [1.54, 1.807) is 6.20 Å². The van der Waals surface area contributed by atoms with Crippen LogP contribution in [0.25, 0.3) is 5.82 Å². The van der Waals surface area contributed by atoms with Crippen LogP contribution in [0.15, 0.2) is 36.8 Å². The van der Waals surface area contributed by atoms with E-state index in [9.17, 15) is 0 Å². The largest absolute Gasteiger partial charge is 0.311 e. The molecule has 0 aliphatic carbocycles. The van der Waals surface area contributed by atoms with Gasteiger partial charge in [0.15, 0.2) is 0 Å². The first-order chi connectivity index (χ1) is 6.83. The van der Waals surface area contributed by atoms with Crippen molar-refractivity contribution in [2.75, 3.05) is 0 Å². The van der Waals surface area contributed by atoms with E-state index in [0.717, 1.165) is 11.4 Å². The summed E-state index contributed by atoms with van der Waals surface area (Å²) in [5.74, 6) is 1.50. The molecule has 4 heteroatoms. The van der Waals surface area contributed by atoms with Gasteiger partial charge < -0.3 is 0 Å². The van der Waals surface area contributed by atoms with Crippen molar-refractivity contribution in [2.24, 2.45) is 7.05 Å². The molecule has 0 N–H and O–H groups in total. The van der Waals surface area contributed by atoms with Crippen molar-refractivity contribution in [3.8, 4) is 5.82 Å². The van der Waals surface area contributed by atoms with Crippen LogP contribution in [0, 0.1) is 0 Å². The number of aromatic nitrogens is 3. The molecule has 0 aliphatic rings. The van der Waals surface area contributed by atoms with Crippen LogP contribution in [0.5, 0.6) is 0 Å². The maximum absolute atomic E-state index is 5.87. The second-order valence-electron chi connectivity index (χ2n) is 3.05. The molecule has 3 nitrogen and oxygen atoms in total. The summed E-state index contributed by atoms with van der Waals surface area (Å²) in [6.45, 7) is 0. The monoisotopic (exact) mass is 208 g/mol. The molecule has 2 aromatic heterocycles. The Hall–Kier alpha value is -1.35. The quantitative estimate of drug-likeness (QED) is 0.541. The van der Waals surface area contributed by atoms with Crippen LogP contribution < -0.4 is 4.57 Å². The molecule has 14 heavy (non-hydrogen) atoms. The summed E-state index contributed by atoms with van der Waals surface area (Å²) in [7, 11) is 1.98. The fourth-order valence-electron chi connectivity index (χ4n) is 1.47. The maximum atomic E-state index is 5.87. The molecule has 0 unspecified atom stereocenters. The summed E-state index contributed by atoms with van der Waals surface area (Å²) in [5, 5.41) is 4.19. The molecule has 0 aliphatic heterocycles. The van der Waals surface area contributed by atoms with Crippen molar-refractivity contribution in [3.63, 3.8) is 0 Å². The van der Waals surface area contributed by atoms with Gasteiger partial charge in [0.05, 0.1) is 30.9 Å². The van der Waals surface area contributed by atoms with E-state index in [4.69, 9.17) is 11.6 Å². The normalized spacial score (nSPS) is 10.4. The number of nitrogens with zero attached hydrogens (tertiary/aromatic N) is 3. The minimum atomic E-state index is 0.490. The van der Waals surface area contributed by atoms with Gasteiger partial charge in [-0.2, -0.15) is 0 Å². The first-order valence-electron chi connectivity index (χ1n) is 4.36. The van der Waals surface area contributed by atoms with Gasteiger partial charge in [-0.25, -0.2) is 4.57 Å². The Morgan fingerprint density at radius 1 is 1.50 bits per heavy atom. The van der Waals surface area contributed by atoms with Crippen molar-refractivity contribution in [3.05, 3.63) is 42.4 Å². The van der Waals surface area contributed by atoms with Gasteiger partial charge in [0.1, 0.15) is 6.20 Å². The number of pyridine rings is 1. The summed E-state index contributed by atoms with van der Waals surface area (Å²) >= 11 is 5.87. The zero-order valence-corrected chi connectivity index (χ0v) is 8.65. The van der Waals surface area contributed by atoms with Crippen LogP contribution in [0.1, 0.15) is 5.56 Å². The van der Waals surface area contributed by atoms with Gasteiger partial charge in [-0.3, -0.25) is 0 Å². The highest BCUT2D eigenvalue weighted by Crippen LogP contribution is 2.10. The van der Waals surface area contributed by atoms with E-state index in [-0.39, 0.29) is 0 Å². The number of halogens is 1. The summed E-state index contributed by atoms with van der Waals surface area (Å²) in [6.07, 6.45) is 5.64. The number of rotatable bonds is 2. The summed E-state index contributed by atoms with van der Waals surface area (Å²) < 4.78 is 3.82. The molecule has 2 rings (SSSR count). The van der Waals surface area contributed by atoms with E-state index in [1.807, 2.05) is 46.9 Å². The second-order valence-corrected chi connectivity index (χ2v) is 3.32. The average molecular weight is 209 g/mol. The highest BCUT2D eigenvalue weighted by molar-refractivity contribution is 6.17. The second kappa shape index (κ2) is 3.80. The number of hydrogen-bond donors (Lipinski definition) is 0. The van der Waals surface area contributed by atoms with Gasteiger partial charge in [-0.1, -0.05) is 5.10 Å². The van der Waals surface area contributed by atoms with Crippen molar-refractivity contribution in [1.82, 2.24) is 9.78 Å². The van der Waals surface area contributed by atoms with E-state index < -0.39 is 0 Å². The van der Waals surface area contributed by atoms with E-state index in [1.165, 1.54) is 0 Å². The number of aryl methyl sites for hydroxylation is 1. The van der Waals surface area contributed by atoms with Gasteiger partial charge in [0, 0.05) is 6.07 Å². The van der Waals surface area contributed by atoms with Crippen LogP contribution in [0.2, 0.25) is 0 Å². The van der Waals surface area contributed by atoms with Crippen molar-refractivity contribution in [2.45, 2.75) is 5.88 Å². The van der Waals surface area contributed by atoms with Gasteiger partial charge in [-0.15, -0.1) is 16.3 Å². The van der Waals surface area contributed by atoms with Crippen LogP contribution >= 0.6 is 11.6 Å². The van der Waals surface area contributed by atoms with Crippen LogP contribution in [0.3, 0.4) is 0 Å². The smallest absolute Gasteiger partial charge is 0.235 e. The first-order valence-corrected chi connectivity index (χ1v) is 4.90. The molecule has 0 fully saturated rings. The van der Waals surface area contributed by atoms with Crippen LogP contribution in [-0.4, -0.2) is 9.78 Å². The van der Waals surface area contributed by atoms with Gasteiger partial charge in [0.2, 0.25) is 0 Å². The highest BCUT2D eigenvalue weighted by atomic mass is 35.5. The molecule has 0 spiro atoms. The molecule has 0 aromatic carbocycles. The Bertz CT molecular complexity index is 423. The van der Waals surface area contributed by atoms with Gasteiger partial charge in [-0.05, 0) is 12.1 Å². The predicted octanol–water partition coefficient (Wildman–Crippen LogP) is 1.44. The lowest BCUT2D eigenvalue weighted by Gasteiger charge is -2.02. The lowest BCUT2D eigenvalue weighted by molar-refractivity contribution is -0.666. The number of alkyl halides is 1. The zero-order chi connectivity index (χ0) is 9.97. The topological polar surface area (TPSA) is 21.7 Å². The molecule has 2 heterocycles. The molecule has 0 saturated heterocycles. The molecule has 0 bridgehead atoms. The first kappa shape index (κ1) is 9.21. The summed E-state index contributed by atoms with van der Waals surface area (Å²) in [5.41, 5.74) is 1.07. The Morgan fingerprint density at radius 3 is 3.00 bits per heavy atom. The average Bonchev–Trinajstić information content (AvgIpc) is 2.70. The standard InChI is InChI=1S/C10H11ClN3/c1-13-6-2-4-9(8-11)10(13)14-7-3-5-12-14/h2-7H,8H2,1H3/q+1. The summed E-state index contributed by atoms with van der Waals surface area (Å²) in [6, 6.07) is 5.87. The van der Waals surface area contributed by atoms with Crippen molar-refractivity contribution < 1.29 is 4.57 Å². The third kappa shape index (κ3) is 1.51. The molecule has 0 atom stereocenters.